The lowest BCUT2D eigenvalue weighted by molar-refractivity contribution is -0.131. The average molecular weight is 229 g/mol. The molecule has 1 rings (SSSR count). The highest BCUT2D eigenvalue weighted by atomic mass is 19.4. The molecule has 8 heteroatoms. The first-order chi connectivity index (χ1) is 6.62. The van der Waals surface area contributed by atoms with E-state index in [9.17, 15) is 31.1 Å². The number of hydrogen-bond donors (Lipinski definition) is 0. The SMILES string of the molecule is O=C1[N][C]=C(C(F)(F)F)C=C1C(F)(F)F. The van der Waals surface area contributed by atoms with Gasteiger partial charge < -0.3 is 0 Å². The van der Waals surface area contributed by atoms with Crippen molar-refractivity contribution in [2.75, 3.05) is 0 Å². The zero-order valence-electron chi connectivity index (χ0n) is 6.70. The van der Waals surface area contributed by atoms with Crippen molar-refractivity contribution < 1.29 is 31.1 Å². The Morgan fingerprint density at radius 2 is 1.60 bits per heavy atom. The zero-order chi connectivity index (χ0) is 11.9. The predicted molar refractivity (Wildman–Crippen MR) is 34.1 cm³/mol. The highest BCUT2D eigenvalue weighted by molar-refractivity contribution is 5.96. The van der Waals surface area contributed by atoms with Crippen LogP contribution in [0.15, 0.2) is 17.2 Å². The summed E-state index contributed by atoms with van der Waals surface area (Å²) in [5, 5.41) is 2.39. The van der Waals surface area contributed by atoms with Gasteiger partial charge in [0.2, 0.25) is 0 Å². The number of rotatable bonds is 0. The van der Waals surface area contributed by atoms with Crippen LogP contribution in [0.1, 0.15) is 0 Å². The lowest BCUT2D eigenvalue weighted by atomic mass is 10.1. The van der Waals surface area contributed by atoms with Crippen LogP contribution in [-0.4, -0.2) is 18.3 Å². The van der Waals surface area contributed by atoms with E-state index in [1.54, 1.807) is 0 Å². The summed E-state index contributed by atoms with van der Waals surface area (Å²) in [7, 11) is 0. The fourth-order valence-corrected chi connectivity index (χ4v) is 0.758. The monoisotopic (exact) mass is 229 g/mol. The summed E-state index contributed by atoms with van der Waals surface area (Å²) in [6.07, 6.45) is -9.28. The van der Waals surface area contributed by atoms with E-state index in [4.69, 9.17) is 0 Å². The molecule has 0 fully saturated rings. The van der Waals surface area contributed by atoms with Gasteiger partial charge in [0.1, 0.15) is 11.8 Å². The molecule has 0 spiro atoms. The topological polar surface area (TPSA) is 31.2 Å². The van der Waals surface area contributed by atoms with Crippen LogP contribution in [0.2, 0.25) is 0 Å². The third-order valence-corrected chi connectivity index (χ3v) is 1.41. The molecule has 0 saturated carbocycles. The summed E-state index contributed by atoms with van der Waals surface area (Å²) >= 11 is 0. The van der Waals surface area contributed by atoms with Gasteiger partial charge in [0.25, 0.3) is 5.91 Å². The fourth-order valence-electron chi connectivity index (χ4n) is 0.758. The largest absolute Gasteiger partial charge is 0.421 e. The van der Waals surface area contributed by atoms with Gasteiger partial charge in [-0.05, 0) is 6.08 Å². The van der Waals surface area contributed by atoms with Crippen molar-refractivity contribution in [3.05, 3.63) is 23.4 Å². The minimum Gasteiger partial charge on any atom is -0.267 e. The van der Waals surface area contributed by atoms with E-state index in [0.717, 1.165) is 0 Å². The number of alkyl halides is 6. The van der Waals surface area contributed by atoms with Gasteiger partial charge in [-0.15, -0.1) is 0 Å². The predicted octanol–water partition coefficient (Wildman–Crippen LogP) is 1.87. The van der Waals surface area contributed by atoms with E-state index in [0.29, 0.717) is 0 Å². The Balaban J connectivity index is 3.11. The summed E-state index contributed by atoms with van der Waals surface area (Å²) in [5.41, 5.74) is -3.68. The Morgan fingerprint density at radius 3 is 2.00 bits per heavy atom. The van der Waals surface area contributed by atoms with E-state index in [-0.39, 0.29) is 6.08 Å². The Hall–Kier alpha value is -1.47. The third kappa shape index (κ3) is 2.51. The van der Waals surface area contributed by atoms with Crippen molar-refractivity contribution in [1.29, 1.82) is 0 Å². The van der Waals surface area contributed by atoms with Gasteiger partial charge in [-0.25, -0.2) is 5.32 Å². The highest BCUT2D eigenvalue weighted by Crippen LogP contribution is 2.34. The maximum absolute atomic E-state index is 12.0. The van der Waals surface area contributed by atoms with Crippen molar-refractivity contribution >= 4 is 5.91 Å². The molecular weight excluding hydrogens is 228 g/mol. The maximum atomic E-state index is 12.0. The lowest BCUT2D eigenvalue weighted by Gasteiger charge is -2.15. The summed E-state index contributed by atoms with van der Waals surface area (Å²) in [5.74, 6) is -1.78. The normalized spacial score (nSPS) is 18.1. The van der Waals surface area contributed by atoms with Gasteiger partial charge in [-0.3, -0.25) is 4.79 Å². The zero-order valence-corrected chi connectivity index (χ0v) is 6.70. The molecule has 0 bridgehead atoms. The molecule has 1 aliphatic heterocycles. The third-order valence-electron chi connectivity index (χ3n) is 1.41. The second-order valence-corrected chi connectivity index (χ2v) is 2.50. The minimum atomic E-state index is -5.15. The van der Waals surface area contributed by atoms with Crippen molar-refractivity contribution in [3.63, 3.8) is 0 Å². The van der Waals surface area contributed by atoms with Gasteiger partial charge in [0.15, 0.2) is 0 Å². The van der Waals surface area contributed by atoms with Gasteiger partial charge in [-0.2, -0.15) is 26.3 Å². The van der Waals surface area contributed by atoms with Crippen molar-refractivity contribution in [2.24, 2.45) is 0 Å². The number of carbonyl (C=O) groups is 1. The Kier molecular flexibility index (Phi) is 2.54. The second kappa shape index (κ2) is 3.28. The molecule has 15 heavy (non-hydrogen) atoms. The summed E-state index contributed by atoms with van der Waals surface area (Å²) in [6.45, 7) is 0. The lowest BCUT2D eigenvalue weighted by Crippen LogP contribution is -2.30. The van der Waals surface area contributed by atoms with Crippen LogP contribution >= 0.6 is 0 Å². The van der Waals surface area contributed by atoms with Gasteiger partial charge in [0.05, 0.1) is 5.57 Å². The van der Waals surface area contributed by atoms with Crippen LogP contribution in [0.4, 0.5) is 26.3 Å². The van der Waals surface area contributed by atoms with Crippen molar-refractivity contribution in [2.45, 2.75) is 12.4 Å². The smallest absolute Gasteiger partial charge is 0.267 e. The summed E-state index contributed by atoms with van der Waals surface area (Å²) in [4.78, 5) is 10.5. The minimum absolute atomic E-state index is 0.310. The van der Waals surface area contributed by atoms with Crippen LogP contribution < -0.4 is 5.32 Å². The number of allylic oxidation sites excluding steroid dienone is 2. The Morgan fingerprint density at radius 1 is 1.07 bits per heavy atom. The standard InChI is InChI=1S/C7HF6NO/c8-6(9,10)3-1-4(7(11,12)13)5(15)14-2-3/h1H. The molecular formula is C7HF6NO. The number of hydrogen-bond acceptors (Lipinski definition) is 1. The van der Waals surface area contributed by atoms with Gasteiger partial charge in [0, 0.05) is 0 Å². The van der Waals surface area contributed by atoms with E-state index in [1.807, 2.05) is 0 Å². The quantitative estimate of drug-likeness (QED) is 0.583. The van der Waals surface area contributed by atoms with Crippen LogP contribution in [-0.2, 0) is 4.79 Å². The van der Waals surface area contributed by atoms with Crippen LogP contribution in [0.5, 0.6) is 0 Å². The van der Waals surface area contributed by atoms with Crippen LogP contribution in [0.3, 0.4) is 0 Å². The average Bonchev–Trinajstić information content (AvgIpc) is 2.00. The van der Waals surface area contributed by atoms with Crippen molar-refractivity contribution in [3.8, 4) is 0 Å². The van der Waals surface area contributed by atoms with E-state index < -0.39 is 29.4 Å². The van der Waals surface area contributed by atoms with E-state index in [2.05, 4.69) is 5.32 Å². The first-order valence-corrected chi connectivity index (χ1v) is 3.36. The number of carbonyl (C=O) groups excluding carboxylic acids is 1. The second-order valence-electron chi connectivity index (χ2n) is 2.50. The van der Waals surface area contributed by atoms with E-state index >= 15 is 0 Å². The number of nitrogens with zero attached hydrogens (tertiary/aromatic N) is 1. The summed E-state index contributed by atoms with van der Waals surface area (Å²) in [6, 6.07) is 0. The molecule has 1 heterocycles. The molecule has 0 unspecified atom stereocenters. The fraction of sp³-hybridized carbons (Fsp3) is 0.286. The maximum Gasteiger partial charge on any atom is 0.421 e. The molecule has 0 saturated heterocycles. The first kappa shape index (κ1) is 11.6. The summed E-state index contributed by atoms with van der Waals surface area (Å²) < 4.78 is 71.8. The molecule has 0 aromatic carbocycles. The number of amides is 1. The molecule has 1 aliphatic rings. The van der Waals surface area contributed by atoms with Gasteiger partial charge in [-0.1, -0.05) is 0 Å². The molecule has 0 atom stereocenters. The molecule has 0 aromatic rings. The Labute approximate surface area is 79.2 Å². The molecule has 0 aliphatic carbocycles. The van der Waals surface area contributed by atoms with Crippen LogP contribution in [0, 0.1) is 6.20 Å². The molecule has 0 N–H and O–H groups in total. The highest BCUT2D eigenvalue weighted by Gasteiger charge is 2.44. The molecule has 82 valence electrons. The molecule has 0 aromatic heterocycles. The first-order valence-electron chi connectivity index (χ1n) is 3.36. The van der Waals surface area contributed by atoms with Gasteiger partial charge >= 0.3 is 12.4 Å². The van der Waals surface area contributed by atoms with Crippen molar-refractivity contribution in [1.82, 2.24) is 5.32 Å². The molecule has 2 radical (unpaired) electrons. The Bertz CT molecular complexity index is 347. The van der Waals surface area contributed by atoms with Crippen LogP contribution in [0.25, 0.3) is 0 Å². The molecule has 1 amide bonds. The number of halogens is 6. The molecule has 2 nitrogen and oxygen atoms in total. The van der Waals surface area contributed by atoms with E-state index in [1.165, 1.54) is 6.20 Å².